The fourth-order valence-electron chi connectivity index (χ4n) is 6.42. The van der Waals surface area contributed by atoms with Gasteiger partial charge in [-0.1, -0.05) is 59.9 Å². The molecule has 0 radical (unpaired) electrons. The van der Waals surface area contributed by atoms with Crippen LogP contribution in [0.2, 0.25) is 0 Å². The lowest BCUT2D eigenvalue weighted by atomic mass is 10.1. The Morgan fingerprint density at radius 3 is 1.39 bits per heavy atom. The highest BCUT2D eigenvalue weighted by atomic mass is 32.2. The molecule has 2 aromatic heterocycles. The van der Waals surface area contributed by atoms with Gasteiger partial charge in [0.15, 0.2) is 33.3 Å². The molecule has 2 amide bonds. The van der Waals surface area contributed by atoms with Crippen molar-refractivity contribution in [2.24, 2.45) is 0 Å². The van der Waals surface area contributed by atoms with Crippen molar-refractivity contribution in [1.82, 2.24) is 29.7 Å². The summed E-state index contributed by atoms with van der Waals surface area (Å²) in [6, 6.07) is 25.4. The molecular formula is C43H46N6O8S2. The van der Waals surface area contributed by atoms with E-state index < -0.39 is 0 Å². The first-order valence-electron chi connectivity index (χ1n) is 18.9. The first kappa shape index (κ1) is 42.6. The van der Waals surface area contributed by atoms with E-state index >= 15 is 0 Å². The van der Waals surface area contributed by atoms with E-state index in [-0.39, 0.29) is 47.5 Å². The summed E-state index contributed by atoms with van der Waals surface area (Å²) in [5.74, 6) is 2.17. The van der Waals surface area contributed by atoms with Crippen molar-refractivity contribution < 1.29 is 28.5 Å². The lowest BCUT2D eigenvalue weighted by Crippen LogP contribution is -2.29. The molecule has 14 nitrogen and oxygen atoms in total. The monoisotopic (exact) mass is 838 g/mol. The molecule has 0 aliphatic carbocycles. The molecule has 2 heterocycles. The lowest BCUT2D eigenvalue weighted by molar-refractivity contribution is -0.119. The van der Waals surface area contributed by atoms with Crippen molar-refractivity contribution in [3.63, 3.8) is 0 Å². The number of carbonyl (C=O) groups is 2. The first-order valence-corrected chi connectivity index (χ1v) is 20.9. The van der Waals surface area contributed by atoms with Gasteiger partial charge in [0, 0.05) is 26.2 Å². The third-order valence-electron chi connectivity index (χ3n) is 9.45. The fourth-order valence-corrected chi connectivity index (χ4v) is 8.13. The molecule has 0 unspecified atom stereocenters. The molecule has 0 bridgehead atoms. The predicted octanol–water partition coefficient (Wildman–Crippen LogP) is 5.13. The zero-order chi connectivity index (χ0) is 41.7. The van der Waals surface area contributed by atoms with Crippen molar-refractivity contribution in [1.29, 1.82) is 0 Å². The Balaban J connectivity index is 1.11. The minimum Gasteiger partial charge on any atom is -0.493 e. The molecule has 6 rings (SSSR count). The number of benzene rings is 4. The van der Waals surface area contributed by atoms with E-state index in [1.165, 1.54) is 23.5 Å². The number of hydrogen-bond donors (Lipinski definition) is 2. The molecule has 0 saturated carbocycles. The molecule has 59 heavy (non-hydrogen) atoms. The molecular weight excluding hydrogens is 793 g/mol. The largest absolute Gasteiger partial charge is 0.493 e. The minimum atomic E-state index is -0.240. The number of carbonyl (C=O) groups excluding carboxylic acids is 2. The number of nitrogens with one attached hydrogen (secondary N) is 2. The number of para-hydroxylation sites is 2. The number of fused-ring (bicyclic) bond motifs is 2. The normalized spacial score (nSPS) is 11.1. The highest BCUT2D eigenvalue weighted by Crippen LogP contribution is 2.29. The van der Waals surface area contributed by atoms with E-state index in [4.69, 9.17) is 28.9 Å². The summed E-state index contributed by atoms with van der Waals surface area (Å²) in [7, 11) is 6.31. The summed E-state index contributed by atoms with van der Waals surface area (Å²) in [6.45, 7) is 1.26. The van der Waals surface area contributed by atoms with Crippen LogP contribution in [0.25, 0.3) is 21.8 Å². The second-order valence-electron chi connectivity index (χ2n) is 13.2. The Morgan fingerprint density at radius 2 is 0.983 bits per heavy atom. The molecule has 0 fully saturated rings. The predicted molar refractivity (Wildman–Crippen MR) is 231 cm³/mol. The molecule has 2 N–H and O–H groups in total. The first-order chi connectivity index (χ1) is 28.7. The van der Waals surface area contributed by atoms with Gasteiger partial charge < -0.3 is 29.6 Å². The number of hydrogen-bond acceptors (Lipinski definition) is 12. The van der Waals surface area contributed by atoms with Gasteiger partial charge >= 0.3 is 0 Å². The maximum atomic E-state index is 13.8. The Bertz CT molecular complexity index is 2390. The van der Waals surface area contributed by atoms with Crippen LogP contribution >= 0.6 is 23.5 Å². The summed E-state index contributed by atoms with van der Waals surface area (Å²) >= 11 is 2.35. The van der Waals surface area contributed by atoms with Gasteiger partial charge in [0.1, 0.15) is 0 Å². The summed E-state index contributed by atoms with van der Waals surface area (Å²) in [5.41, 5.74) is 2.54. The van der Waals surface area contributed by atoms with E-state index in [0.29, 0.717) is 87.5 Å². The maximum absolute atomic E-state index is 13.8. The molecule has 0 atom stereocenters. The highest BCUT2D eigenvalue weighted by Gasteiger charge is 2.17. The van der Waals surface area contributed by atoms with Gasteiger partial charge in [-0.15, -0.1) is 0 Å². The molecule has 0 spiro atoms. The van der Waals surface area contributed by atoms with Gasteiger partial charge in [0.25, 0.3) is 11.1 Å². The summed E-state index contributed by atoms with van der Waals surface area (Å²) < 4.78 is 24.5. The number of nitrogens with zero attached hydrogens (tertiary/aromatic N) is 4. The van der Waals surface area contributed by atoms with Gasteiger partial charge in [-0.05, 0) is 78.9 Å². The van der Waals surface area contributed by atoms with Crippen LogP contribution in [0.1, 0.15) is 17.5 Å². The summed E-state index contributed by atoms with van der Waals surface area (Å²) in [4.78, 5) is 63.1. The van der Waals surface area contributed by atoms with Crippen molar-refractivity contribution >= 4 is 57.1 Å². The SMILES string of the molecule is COc1ccc(CCNC(=O)CSc2nc3ccccc3c(=O)n2CCCn2c(SCC(=O)NCCc3ccc(OC)c(OC)c3)nc3ccccc3c2=O)cc1OC. The van der Waals surface area contributed by atoms with Crippen molar-refractivity contribution in [2.75, 3.05) is 53.0 Å². The number of methoxy groups -OCH3 is 4. The minimum absolute atomic E-state index is 0.0436. The van der Waals surface area contributed by atoms with E-state index in [0.717, 1.165) is 11.1 Å². The van der Waals surface area contributed by atoms with Gasteiger partial charge in [-0.2, -0.15) is 0 Å². The van der Waals surface area contributed by atoms with Crippen molar-refractivity contribution in [3.05, 3.63) is 117 Å². The lowest BCUT2D eigenvalue weighted by Gasteiger charge is -2.16. The van der Waals surface area contributed by atoms with Crippen LogP contribution in [0, 0.1) is 0 Å². The Hall–Kier alpha value is -6.00. The highest BCUT2D eigenvalue weighted by molar-refractivity contribution is 8.00. The van der Waals surface area contributed by atoms with Gasteiger partial charge in [-0.3, -0.25) is 28.3 Å². The molecule has 6 aromatic rings. The van der Waals surface area contributed by atoms with Crippen LogP contribution in [0.3, 0.4) is 0 Å². The number of thioether (sulfide) groups is 2. The quantitative estimate of drug-likeness (QED) is 0.0771. The average Bonchev–Trinajstić information content (AvgIpc) is 3.26. The standard InChI is InChI=1S/C43H46N6O8S2/c1-54-34-16-14-28(24-36(34)56-3)18-20-44-38(50)26-58-42-46-32-12-7-5-10-30(32)40(52)48(42)22-9-23-49-41(53)31-11-6-8-13-33(31)47-43(49)59-27-39(51)45-21-19-29-15-17-35(55-2)37(25-29)57-4/h5-8,10-17,24-25H,9,18-23,26-27H2,1-4H3,(H,44,50)(H,45,51). The number of ether oxygens (including phenoxy) is 4. The van der Waals surface area contributed by atoms with E-state index in [9.17, 15) is 19.2 Å². The molecule has 0 aliphatic heterocycles. The fraction of sp³-hybridized carbons (Fsp3) is 0.302. The topological polar surface area (TPSA) is 165 Å². The molecule has 0 aliphatic rings. The maximum Gasteiger partial charge on any atom is 0.262 e. The zero-order valence-electron chi connectivity index (χ0n) is 33.3. The van der Waals surface area contributed by atoms with Crippen LogP contribution in [-0.2, 0) is 35.5 Å². The Kier molecular flexibility index (Phi) is 14.9. The van der Waals surface area contributed by atoms with Gasteiger partial charge in [0.05, 0.1) is 61.8 Å². The van der Waals surface area contributed by atoms with Crippen LogP contribution in [0.15, 0.2) is 105 Å². The van der Waals surface area contributed by atoms with Crippen molar-refractivity contribution in [2.45, 2.75) is 42.7 Å². The van der Waals surface area contributed by atoms with E-state index in [1.54, 1.807) is 74.0 Å². The molecule has 4 aromatic carbocycles. The molecule has 308 valence electrons. The third-order valence-corrected chi connectivity index (χ3v) is 11.4. The third kappa shape index (κ3) is 10.7. The zero-order valence-corrected chi connectivity index (χ0v) is 35.0. The number of amides is 2. The average molecular weight is 839 g/mol. The van der Waals surface area contributed by atoms with Crippen LogP contribution in [0.5, 0.6) is 23.0 Å². The summed E-state index contributed by atoms with van der Waals surface area (Å²) in [6.07, 6.45) is 1.55. The number of rotatable bonds is 20. The second kappa shape index (κ2) is 20.6. The van der Waals surface area contributed by atoms with Gasteiger partial charge in [-0.25, -0.2) is 9.97 Å². The number of aromatic nitrogens is 4. The molecule has 0 saturated heterocycles. The van der Waals surface area contributed by atoms with Crippen LogP contribution in [0.4, 0.5) is 0 Å². The van der Waals surface area contributed by atoms with E-state index in [1.807, 2.05) is 48.5 Å². The Morgan fingerprint density at radius 1 is 0.576 bits per heavy atom. The van der Waals surface area contributed by atoms with Crippen LogP contribution < -0.4 is 40.7 Å². The summed E-state index contributed by atoms with van der Waals surface area (Å²) in [5, 5.41) is 7.59. The van der Waals surface area contributed by atoms with Crippen molar-refractivity contribution in [3.8, 4) is 23.0 Å². The van der Waals surface area contributed by atoms with Crippen LogP contribution in [-0.4, -0.2) is 84.0 Å². The molecule has 16 heteroatoms. The Labute approximate surface area is 349 Å². The smallest absolute Gasteiger partial charge is 0.262 e. The second-order valence-corrected chi connectivity index (χ2v) is 15.1. The van der Waals surface area contributed by atoms with Gasteiger partial charge in [0.2, 0.25) is 11.8 Å². The van der Waals surface area contributed by atoms with E-state index in [2.05, 4.69) is 10.6 Å².